The highest BCUT2D eigenvalue weighted by atomic mass is 28.3. The predicted octanol–water partition coefficient (Wildman–Crippen LogP) is 1.55. The summed E-state index contributed by atoms with van der Waals surface area (Å²) in [6, 6.07) is 1.13. The van der Waals surface area contributed by atoms with Crippen LogP contribution in [0, 0.1) is 5.92 Å². The molecule has 3 heteroatoms. The Morgan fingerprint density at radius 2 is 1.80 bits per heavy atom. The van der Waals surface area contributed by atoms with Crippen LogP contribution in [0.2, 0.25) is 6.04 Å². The molecule has 0 aromatic rings. The molecule has 1 unspecified atom stereocenters. The molecule has 0 spiro atoms. The standard InChI is InChI=1S/C7H18O2Si/c1-5-7(2)6-10(8-3)9-4/h7,10H,5-6H2,1-4H3. The lowest BCUT2D eigenvalue weighted by molar-refractivity contribution is 0.270. The molecular weight excluding hydrogens is 144 g/mol. The summed E-state index contributed by atoms with van der Waals surface area (Å²) in [7, 11) is 2.21. The Bertz CT molecular complexity index is 74.0. The van der Waals surface area contributed by atoms with E-state index in [1.807, 2.05) is 0 Å². The van der Waals surface area contributed by atoms with Crippen molar-refractivity contribution in [1.82, 2.24) is 0 Å². The minimum absolute atomic E-state index is 0.747. The Hall–Kier alpha value is 0.137. The third-order valence-electron chi connectivity index (χ3n) is 1.82. The lowest BCUT2D eigenvalue weighted by Gasteiger charge is -2.14. The molecule has 0 heterocycles. The Labute approximate surface area is 65.4 Å². The number of rotatable bonds is 5. The molecule has 0 rings (SSSR count). The van der Waals surface area contributed by atoms with Crippen LogP contribution in [0.15, 0.2) is 0 Å². The fourth-order valence-electron chi connectivity index (χ4n) is 0.784. The van der Waals surface area contributed by atoms with Crippen molar-refractivity contribution in [2.45, 2.75) is 26.3 Å². The van der Waals surface area contributed by atoms with Gasteiger partial charge in [-0.25, -0.2) is 0 Å². The van der Waals surface area contributed by atoms with Crippen molar-refractivity contribution in [2.75, 3.05) is 14.2 Å². The van der Waals surface area contributed by atoms with Crippen molar-refractivity contribution in [2.24, 2.45) is 5.92 Å². The van der Waals surface area contributed by atoms with Crippen LogP contribution < -0.4 is 0 Å². The van der Waals surface area contributed by atoms with Crippen molar-refractivity contribution < 1.29 is 8.85 Å². The second kappa shape index (κ2) is 5.89. The molecule has 0 aliphatic carbocycles. The molecule has 0 radical (unpaired) electrons. The molecule has 62 valence electrons. The molecule has 0 aliphatic heterocycles. The first-order valence-corrected chi connectivity index (χ1v) is 5.56. The fourth-order valence-corrected chi connectivity index (χ4v) is 2.35. The zero-order chi connectivity index (χ0) is 7.98. The first-order valence-electron chi connectivity index (χ1n) is 3.80. The van der Waals surface area contributed by atoms with E-state index in [-0.39, 0.29) is 0 Å². The van der Waals surface area contributed by atoms with Gasteiger partial charge in [0.2, 0.25) is 0 Å². The average molecular weight is 162 g/mol. The smallest absolute Gasteiger partial charge is 0.321 e. The van der Waals surface area contributed by atoms with Crippen molar-refractivity contribution in [3.8, 4) is 0 Å². The topological polar surface area (TPSA) is 18.5 Å². The van der Waals surface area contributed by atoms with Crippen LogP contribution in [0.4, 0.5) is 0 Å². The summed E-state index contributed by atoms with van der Waals surface area (Å²) < 4.78 is 10.4. The van der Waals surface area contributed by atoms with E-state index in [0.29, 0.717) is 0 Å². The van der Waals surface area contributed by atoms with Gasteiger partial charge in [-0.15, -0.1) is 0 Å². The summed E-state index contributed by atoms with van der Waals surface area (Å²) in [5.74, 6) is 0.747. The maximum absolute atomic E-state index is 5.19. The lowest BCUT2D eigenvalue weighted by Crippen LogP contribution is -2.21. The minimum atomic E-state index is -1.27. The molecule has 0 aliphatic rings. The SMILES string of the molecule is CCC(C)C[SiH](OC)OC. The summed E-state index contributed by atoms with van der Waals surface area (Å²) in [6.45, 7) is 4.43. The maximum atomic E-state index is 5.19. The van der Waals surface area contributed by atoms with Gasteiger partial charge >= 0.3 is 9.28 Å². The lowest BCUT2D eigenvalue weighted by atomic mass is 10.2. The highest BCUT2D eigenvalue weighted by molar-refractivity contribution is 6.44. The zero-order valence-electron chi connectivity index (χ0n) is 7.39. The molecule has 2 nitrogen and oxygen atoms in total. The second-order valence-electron chi connectivity index (χ2n) is 2.65. The largest absolute Gasteiger partial charge is 0.400 e. The summed E-state index contributed by atoms with van der Waals surface area (Å²) in [5.41, 5.74) is 0. The Balaban J connectivity index is 3.41. The molecule has 10 heavy (non-hydrogen) atoms. The van der Waals surface area contributed by atoms with Crippen molar-refractivity contribution >= 4 is 9.28 Å². The monoisotopic (exact) mass is 162 g/mol. The van der Waals surface area contributed by atoms with Gasteiger partial charge in [0.25, 0.3) is 0 Å². The Morgan fingerprint density at radius 3 is 2.10 bits per heavy atom. The van der Waals surface area contributed by atoms with E-state index in [0.717, 1.165) is 12.0 Å². The van der Waals surface area contributed by atoms with E-state index in [4.69, 9.17) is 8.85 Å². The van der Waals surface area contributed by atoms with Crippen molar-refractivity contribution in [3.63, 3.8) is 0 Å². The summed E-state index contributed by atoms with van der Waals surface area (Å²) in [4.78, 5) is 0. The Kier molecular flexibility index (Phi) is 5.97. The minimum Gasteiger partial charge on any atom is -0.400 e. The van der Waals surface area contributed by atoms with E-state index in [9.17, 15) is 0 Å². The van der Waals surface area contributed by atoms with Gasteiger partial charge in [-0.2, -0.15) is 0 Å². The molecule has 0 saturated carbocycles. The second-order valence-corrected chi connectivity index (χ2v) is 4.92. The molecule has 0 N–H and O–H groups in total. The molecule has 0 aromatic heterocycles. The first-order chi connectivity index (χ1) is 4.74. The maximum Gasteiger partial charge on any atom is 0.321 e. The van der Waals surface area contributed by atoms with Gasteiger partial charge in [0.15, 0.2) is 0 Å². The average Bonchev–Trinajstić information content (AvgIpc) is 1.99. The molecular formula is C7H18O2Si. The van der Waals surface area contributed by atoms with Crippen LogP contribution in [0.3, 0.4) is 0 Å². The molecule has 0 saturated heterocycles. The van der Waals surface area contributed by atoms with E-state index < -0.39 is 9.28 Å². The van der Waals surface area contributed by atoms with Gasteiger partial charge in [0, 0.05) is 14.2 Å². The van der Waals surface area contributed by atoms with Crippen LogP contribution in [0.5, 0.6) is 0 Å². The zero-order valence-corrected chi connectivity index (χ0v) is 8.54. The van der Waals surface area contributed by atoms with Crippen LogP contribution in [0.25, 0.3) is 0 Å². The van der Waals surface area contributed by atoms with Gasteiger partial charge in [0.1, 0.15) is 0 Å². The highest BCUT2D eigenvalue weighted by Crippen LogP contribution is 2.10. The molecule has 0 fully saturated rings. The molecule has 1 atom stereocenters. The van der Waals surface area contributed by atoms with Gasteiger partial charge in [-0.1, -0.05) is 20.3 Å². The van der Waals surface area contributed by atoms with E-state index >= 15 is 0 Å². The quantitative estimate of drug-likeness (QED) is 0.571. The molecule has 0 bridgehead atoms. The molecule has 0 amide bonds. The van der Waals surface area contributed by atoms with E-state index in [1.54, 1.807) is 14.2 Å². The summed E-state index contributed by atoms with van der Waals surface area (Å²) >= 11 is 0. The number of hydrogen-bond donors (Lipinski definition) is 0. The van der Waals surface area contributed by atoms with Gasteiger partial charge in [-0.05, 0) is 12.0 Å². The van der Waals surface area contributed by atoms with Crippen LogP contribution in [-0.2, 0) is 8.85 Å². The third kappa shape index (κ3) is 4.03. The normalized spacial score (nSPS) is 14.1. The summed E-state index contributed by atoms with van der Waals surface area (Å²) in [5, 5.41) is 0. The highest BCUT2D eigenvalue weighted by Gasteiger charge is 2.12. The van der Waals surface area contributed by atoms with Crippen molar-refractivity contribution in [1.29, 1.82) is 0 Å². The Morgan fingerprint density at radius 1 is 1.30 bits per heavy atom. The van der Waals surface area contributed by atoms with Crippen molar-refractivity contribution in [3.05, 3.63) is 0 Å². The van der Waals surface area contributed by atoms with Crippen LogP contribution in [-0.4, -0.2) is 23.5 Å². The van der Waals surface area contributed by atoms with Gasteiger partial charge < -0.3 is 8.85 Å². The molecule has 0 aromatic carbocycles. The first kappa shape index (κ1) is 10.1. The van der Waals surface area contributed by atoms with Gasteiger partial charge in [-0.3, -0.25) is 0 Å². The number of hydrogen-bond acceptors (Lipinski definition) is 2. The van der Waals surface area contributed by atoms with Gasteiger partial charge in [0.05, 0.1) is 0 Å². The van der Waals surface area contributed by atoms with E-state index in [1.165, 1.54) is 6.42 Å². The van der Waals surface area contributed by atoms with Crippen LogP contribution in [0.1, 0.15) is 20.3 Å². The predicted molar refractivity (Wildman–Crippen MR) is 45.4 cm³/mol. The van der Waals surface area contributed by atoms with E-state index in [2.05, 4.69) is 13.8 Å². The van der Waals surface area contributed by atoms with Crippen LogP contribution >= 0.6 is 0 Å². The fraction of sp³-hybridized carbons (Fsp3) is 1.00. The summed E-state index contributed by atoms with van der Waals surface area (Å²) in [6.07, 6.45) is 1.22. The third-order valence-corrected chi connectivity index (χ3v) is 4.06.